The lowest BCUT2D eigenvalue weighted by atomic mass is 10.1. The number of hydrogen-bond donors (Lipinski definition) is 0. The van der Waals surface area contributed by atoms with Gasteiger partial charge in [0.05, 0.1) is 33.1 Å². The van der Waals surface area contributed by atoms with Crippen molar-refractivity contribution in [3.05, 3.63) is 35.3 Å². The lowest BCUT2D eigenvalue weighted by Gasteiger charge is -2.32. The number of benzene rings is 1. The second-order valence-corrected chi connectivity index (χ2v) is 7.73. The summed E-state index contributed by atoms with van der Waals surface area (Å²) in [5, 5.41) is 0.625. The molecule has 1 aliphatic heterocycles. The van der Waals surface area contributed by atoms with Crippen LogP contribution in [0.1, 0.15) is 11.3 Å². The molecule has 1 aliphatic rings. The van der Waals surface area contributed by atoms with Gasteiger partial charge < -0.3 is 23.7 Å². The number of halogens is 1. The molecule has 1 aromatic heterocycles. The monoisotopic (exact) mass is 453 g/mol. The van der Waals surface area contributed by atoms with Gasteiger partial charge in [-0.05, 0) is 12.3 Å². The second-order valence-electron chi connectivity index (χ2n) is 6.95. The molecule has 8 nitrogen and oxygen atoms in total. The molecule has 1 atom stereocenters. The summed E-state index contributed by atoms with van der Waals surface area (Å²) < 4.78 is 41.8. The summed E-state index contributed by atoms with van der Waals surface area (Å²) in [6, 6.07) is 4.80. The Hall–Kier alpha value is -2.14. The molecule has 0 radical (unpaired) electrons. The largest absolute Gasteiger partial charge is 0.493 e. The zero-order valence-electron chi connectivity index (χ0n) is 18.2. The molecule has 0 N–H and O–H groups in total. The van der Waals surface area contributed by atoms with Gasteiger partial charge in [-0.1, -0.05) is 11.8 Å². The summed E-state index contributed by atoms with van der Waals surface area (Å²) in [5.41, 5.74) is 1.30. The van der Waals surface area contributed by atoms with Gasteiger partial charge in [-0.15, -0.1) is 0 Å². The lowest BCUT2D eigenvalue weighted by Crippen LogP contribution is -2.44. The molecule has 1 unspecified atom stereocenters. The van der Waals surface area contributed by atoms with Crippen LogP contribution in [0.25, 0.3) is 0 Å². The average Bonchev–Trinajstić information content (AvgIpc) is 2.79. The Morgan fingerprint density at radius 2 is 1.94 bits per heavy atom. The van der Waals surface area contributed by atoms with E-state index < -0.39 is 0 Å². The molecule has 10 heteroatoms. The van der Waals surface area contributed by atoms with E-state index in [1.807, 2.05) is 6.26 Å². The number of ether oxygens (including phenoxy) is 5. The van der Waals surface area contributed by atoms with Crippen molar-refractivity contribution >= 4 is 11.8 Å². The van der Waals surface area contributed by atoms with Crippen LogP contribution in [0.15, 0.2) is 23.4 Å². The van der Waals surface area contributed by atoms with E-state index in [1.54, 1.807) is 19.2 Å². The van der Waals surface area contributed by atoms with Crippen molar-refractivity contribution in [1.82, 2.24) is 14.9 Å². The van der Waals surface area contributed by atoms with Gasteiger partial charge in [-0.25, -0.2) is 9.37 Å². The first kappa shape index (κ1) is 23.5. The number of methoxy groups -OCH3 is 3. The molecule has 0 saturated carbocycles. The summed E-state index contributed by atoms with van der Waals surface area (Å²) in [5.74, 6) is 1.04. The van der Waals surface area contributed by atoms with Gasteiger partial charge in [0.15, 0.2) is 16.7 Å². The van der Waals surface area contributed by atoms with E-state index >= 15 is 0 Å². The third kappa shape index (κ3) is 6.42. The standard InChI is InChI=1S/C21H28FN3O5S/c1-26-12-15-8-20(24-21(23-15)31-4)30-13-16-11-25(5-6-29-16)10-14-7-18(27-2)19(28-3)9-17(14)22/h7-9,16H,5-6,10-13H2,1-4H3. The van der Waals surface area contributed by atoms with E-state index in [0.717, 1.165) is 5.69 Å². The average molecular weight is 454 g/mol. The van der Waals surface area contributed by atoms with Gasteiger partial charge >= 0.3 is 0 Å². The fourth-order valence-electron chi connectivity index (χ4n) is 3.30. The van der Waals surface area contributed by atoms with Crippen LogP contribution >= 0.6 is 11.8 Å². The minimum absolute atomic E-state index is 0.157. The SMILES string of the molecule is COCc1cc(OCC2CN(Cc3cc(OC)c(OC)cc3F)CCO2)nc(SC)n1. The summed E-state index contributed by atoms with van der Waals surface area (Å²) in [6.45, 7) is 3.01. The van der Waals surface area contributed by atoms with Crippen LogP contribution in [0.3, 0.4) is 0 Å². The van der Waals surface area contributed by atoms with Crippen LogP contribution in [0, 0.1) is 5.82 Å². The van der Waals surface area contributed by atoms with E-state index in [9.17, 15) is 4.39 Å². The molecule has 1 fully saturated rings. The van der Waals surface area contributed by atoms with Gasteiger partial charge in [-0.2, -0.15) is 4.98 Å². The molecule has 1 saturated heterocycles. The van der Waals surface area contributed by atoms with Crippen LogP contribution < -0.4 is 14.2 Å². The highest BCUT2D eigenvalue weighted by atomic mass is 32.2. The fraction of sp³-hybridized carbons (Fsp3) is 0.524. The molecule has 3 rings (SSSR count). The molecule has 0 amide bonds. The van der Waals surface area contributed by atoms with E-state index in [0.29, 0.717) is 67.6 Å². The first-order valence-corrected chi connectivity index (χ1v) is 11.1. The number of aromatic nitrogens is 2. The Kier molecular flexibility index (Phi) is 8.70. The number of nitrogens with zero attached hydrogens (tertiary/aromatic N) is 3. The van der Waals surface area contributed by atoms with Gasteiger partial charge in [0.1, 0.15) is 18.5 Å². The fourth-order valence-corrected chi connectivity index (χ4v) is 3.69. The van der Waals surface area contributed by atoms with Crippen molar-refractivity contribution in [3.8, 4) is 17.4 Å². The minimum atomic E-state index is -0.326. The smallest absolute Gasteiger partial charge is 0.217 e. The quantitative estimate of drug-likeness (QED) is 0.399. The third-order valence-corrected chi connectivity index (χ3v) is 5.34. The maximum atomic E-state index is 14.5. The van der Waals surface area contributed by atoms with Gasteiger partial charge in [-0.3, -0.25) is 4.90 Å². The first-order valence-electron chi connectivity index (χ1n) is 9.84. The van der Waals surface area contributed by atoms with E-state index in [1.165, 1.54) is 32.0 Å². The molecule has 170 valence electrons. The number of morpholine rings is 1. The zero-order valence-corrected chi connectivity index (χ0v) is 19.0. The van der Waals surface area contributed by atoms with Crippen LogP contribution in [-0.2, 0) is 22.6 Å². The van der Waals surface area contributed by atoms with Crippen LogP contribution in [0.2, 0.25) is 0 Å². The van der Waals surface area contributed by atoms with Crippen LogP contribution in [0.5, 0.6) is 17.4 Å². The van der Waals surface area contributed by atoms with Crippen molar-refractivity contribution < 1.29 is 28.1 Å². The molecule has 0 bridgehead atoms. The normalized spacial score (nSPS) is 16.9. The molecule has 1 aromatic carbocycles. The van der Waals surface area contributed by atoms with Crippen molar-refractivity contribution in [2.24, 2.45) is 0 Å². The molecular formula is C21H28FN3O5S. The number of hydrogen-bond acceptors (Lipinski definition) is 9. The highest BCUT2D eigenvalue weighted by molar-refractivity contribution is 7.98. The Morgan fingerprint density at radius 3 is 2.65 bits per heavy atom. The van der Waals surface area contributed by atoms with Crippen molar-refractivity contribution in [2.75, 3.05) is 53.9 Å². The van der Waals surface area contributed by atoms with E-state index in [4.69, 9.17) is 23.7 Å². The second kappa shape index (κ2) is 11.5. The maximum absolute atomic E-state index is 14.5. The Morgan fingerprint density at radius 1 is 1.16 bits per heavy atom. The number of rotatable bonds is 10. The lowest BCUT2D eigenvalue weighted by molar-refractivity contribution is -0.0513. The van der Waals surface area contributed by atoms with Gasteiger partial charge in [0.2, 0.25) is 5.88 Å². The first-order chi connectivity index (χ1) is 15.1. The zero-order chi connectivity index (χ0) is 22.2. The van der Waals surface area contributed by atoms with Crippen molar-refractivity contribution in [1.29, 1.82) is 0 Å². The summed E-state index contributed by atoms with van der Waals surface area (Å²) in [6.07, 6.45) is 1.75. The molecular weight excluding hydrogens is 425 g/mol. The maximum Gasteiger partial charge on any atom is 0.217 e. The van der Waals surface area contributed by atoms with Crippen molar-refractivity contribution in [2.45, 2.75) is 24.4 Å². The summed E-state index contributed by atoms with van der Waals surface area (Å²) >= 11 is 1.44. The predicted molar refractivity (Wildman–Crippen MR) is 115 cm³/mol. The Balaban J connectivity index is 1.61. The summed E-state index contributed by atoms with van der Waals surface area (Å²) in [4.78, 5) is 10.9. The van der Waals surface area contributed by atoms with E-state index in [-0.39, 0.29) is 11.9 Å². The van der Waals surface area contributed by atoms with Crippen LogP contribution in [-0.4, -0.2) is 74.9 Å². The van der Waals surface area contributed by atoms with Gasteiger partial charge in [0.25, 0.3) is 0 Å². The Labute approximate surface area is 186 Å². The van der Waals surface area contributed by atoms with Gasteiger partial charge in [0, 0.05) is 44.4 Å². The molecule has 31 heavy (non-hydrogen) atoms. The topological polar surface area (TPSA) is 75.2 Å². The molecule has 2 aromatic rings. The molecule has 2 heterocycles. The molecule has 0 spiro atoms. The van der Waals surface area contributed by atoms with Crippen LogP contribution in [0.4, 0.5) is 4.39 Å². The Bertz CT molecular complexity index is 873. The van der Waals surface area contributed by atoms with Crippen molar-refractivity contribution in [3.63, 3.8) is 0 Å². The van der Waals surface area contributed by atoms with E-state index in [2.05, 4.69) is 14.9 Å². The number of thioether (sulfide) groups is 1. The minimum Gasteiger partial charge on any atom is -0.493 e. The summed E-state index contributed by atoms with van der Waals surface area (Å²) in [7, 11) is 4.64. The highest BCUT2D eigenvalue weighted by Gasteiger charge is 2.23. The predicted octanol–water partition coefficient (Wildman–Crippen LogP) is 2.78. The molecule has 0 aliphatic carbocycles. The highest BCUT2D eigenvalue weighted by Crippen LogP contribution is 2.30. The third-order valence-electron chi connectivity index (χ3n) is 4.80.